The number of carboxylic acid groups (broad SMARTS) is 1. The van der Waals surface area contributed by atoms with Crippen molar-refractivity contribution < 1.29 is 24.3 Å². The maximum atomic E-state index is 10.7. The Labute approximate surface area is 141 Å². The SMILES string of the molecule is O=C(O)CCCCCCCCCCCCCCCCP(=O)(O)O. The molecule has 0 aliphatic rings. The van der Waals surface area contributed by atoms with Crippen molar-refractivity contribution in [2.75, 3.05) is 6.16 Å². The van der Waals surface area contributed by atoms with Gasteiger partial charge in [-0.2, -0.15) is 0 Å². The number of aliphatic carboxylic acids is 1. The molecule has 0 aromatic heterocycles. The van der Waals surface area contributed by atoms with Gasteiger partial charge < -0.3 is 14.9 Å². The van der Waals surface area contributed by atoms with Crippen molar-refractivity contribution >= 4 is 13.6 Å². The Bertz CT molecular complexity index is 327. The lowest BCUT2D eigenvalue weighted by Gasteiger charge is -2.04. The van der Waals surface area contributed by atoms with E-state index in [9.17, 15) is 9.36 Å². The van der Waals surface area contributed by atoms with E-state index in [4.69, 9.17) is 14.9 Å². The maximum absolute atomic E-state index is 10.7. The number of rotatable bonds is 17. The number of carbonyl (C=O) groups is 1. The van der Waals surface area contributed by atoms with Crippen LogP contribution in [0.4, 0.5) is 0 Å². The van der Waals surface area contributed by atoms with Gasteiger partial charge in [0, 0.05) is 12.6 Å². The zero-order valence-corrected chi connectivity index (χ0v) is 15.3. The van der Waals surface area contributed by atoms with Gasteiger partial charge in [-0.3, -0.25) is 9.36 Å². The Morgan fingerprint density at radius 1 is 0.609 bits per heavy atom. The van der Waals surface area contributed by atoms with Gasteiger partial charge in [0.1, 0.15) is 0 Å². The summed E-state index contributed by atoms with van der Waals surface area (Å²) in [6.07, 6.45) is 16.0. The van der Waals surface area contributed by atoms with Gasteiger partial charge in [-0.05, 0) is 12.8 Å². The molecule has 0 bridgehead atoms. The van der Waals surface area contributed by atoms with Crippen LogP contribution in [-0.4, -0.2) is 27.0 Å². The molecule has 0 aromatic carbocycles. The Hall–Kier alpha value is -0.380. The normalized spacial score (nSPS) is 11.7. The first kappa shape index (κ1) is 22.6. The molecule has 0 saturated heterocycles. The van der Waals surface area contributed by atoms with Gasteiger partial charge in [-0.25, -0.2) is 0 Å². The molecule has 0 heterocycles. The van der Waals surface area contributed by atoms with Crippen molar-refractivity contribution in [1.29, 1.82) is 0 Å². The smallest absolute Gasteiger partial charge is 0.325 e. The summed E-state index contributed by atoms with van der Waals surface area (Å²) in [5.41, 5.74) is 0. The third kappa shape index (κ3) is 21.6. The lowest BCUT2D eigenvalue weighted by Crippen LogP contribution is -1.93. The molecule has 0 spiro atoms. The number of unbranched alkanes of at least 4 members (excludes halogenated alkanes) is 13. The second-order valence-electron chi connectivity index (χ2n) is 6.48. The van der Waals surface area contributed by atoms with Crippen LogP contribution in [0.1, 0.15) is 96.3 Å². The molecule has 0 aliphatic carbocycles. The lowest BCUT2D eigenvalue weighted by atomic mass is 10.0. The molecule has 6 heteroatoms. The van der Waals surface area contributed by atoms with Crippen molar-refractivity contribution in [3.63, 3.8) is 0 Å². The molecule has 0 rings (SSSR count). The van der Waals surface area contributed by atoms with Crippen molar-refractivity contribution in [1.82, 2.24) is 0 Å². The van der Waals surface area contributed by atoms with Gasteiger partial charge in [-0.15, -0.1) is 0 Å². The predicted octanol–water partition coefficient (Wildman–Crippen LogP) is 5.10. The van der Waals surface area contributed by atoms with Crippen LogP contribution in [0, 0.1) is 0 Å². The third-order valence-corrected chi connectivity index (χ3v) is 4.99. The lowest BCUT2D eigenvalue weighted by molar-refractivity contribution is -0.137. The summed E-state index contributed by atoms with van der Waals surface area (Å²) >= 11 is 0. The summed E-state index contributed by atoms with van der Waals surface area (Å²) in [4.78, 5) is 27.8. The fraction of sp³-hybridized carbons (Fsp3) is 0.941. The minimum atomic E-state index is -3.78. The van der Waals surface area contributed by atoms with Gasteiger partial charge in [0.15, 0.2) is 0 Å². The summed E-state index contributed by atoms with van der Waals surface area (Å²) in [5, 5.41) is 8.52. The number of carboxylic acids is 1. The standard InChI is InChI=1S/C17H35O5P/c18-17(19)15-13-11-9-7-5-3-1-2-4-6-8-10-12-14-16-23(20,21)22/h1-16H2,(H,18,19)(H2,20,21,22). The average Bonchev–Trinajstić information content (AvgIpc) is 2.45. The highest BCUT2D eigenvalue weighted by molar-refractivity contribution is 7.51. The summed E-state index contributed by atoms with van der Waals surface area (Å²) in [7, 11) is -3.78. The highest BCUT2D eigenvalue weighted by Gasteiger charge is 2.10. The van der Waals surface area contributed by atoms with Gasteiger partial charge in [0.2, 0.25) is 0 Å². The summed E-state index contributed by atoms with van der Waals surface area (Å²) in [6.45, 7) is 0. The molecule has 0 unspecified atom stereocenters. The monoisotopic (exact) mass is 350 g/mol. The van der Waals surface area contributed by atoms with Crippen LogP contribution in [0.5, 0.6) is 0 Å². The van der Waals surface area contributed by atoms with Crippen molar-refractivity contribution in [3.8, 4) is 0 Å². The zero-order valence-electron chi connectivity index (χ0n) is 14.4. The van der Waals surface area contributed by atoms with E-state index in [1.807, 2.05) is 0 Å². The van der Waals surface area contributed by atoms with Crippen molar-refractivity contribution in [3.05, 3.63) is 0 Å². The maximum Gasteiger partial charge on any atom is 0.325 e. The van der Waals surface area contributed by atoms with E-state index in [0.29, 0.717) is 12.8 Å². The Balaban J connectivity index is 3.05. The molecule has 0 amide bonds. The molecule has 0 radical (unpaired) electrons. The van der Waals surface area contributed by atoms with E-state index >= 15 is 0 Å². The number of hydrogen-bond donors (Lipinski definition) is 3. The fourth-order valence-corrected chi connectivity index (χ4v) is 3.35. The molecular formula is C17H35O5P. The van der Waals surface area contributed by atoms with E-state index in [2.05, 4.69) is 0 Å². The first-order valence-corrected chi connectivity index (χ1v) is 11.0. The van der Waals surface area contributed by atoms with E-state index in [0.717, 1.165) is 32.1 Å². The van der Waals surface area contributed by atoms with Crippen LogP contribution in [0.15, 0.2) is 0 Å². The summed E-state index contributed by atoms with van der Waals surface area (Å²) in [6, 6.07) is 0. The minimum absolute atomic E-state index is 0.0311. The molecule has 138 valence electrons. The zero-order chi connectivity index (χ0) is 17.4. The van der Waals surface area contributed by atoms with Crippen LogP contribution in [0.2, 0.25) is 0 Å². The van der Waals surface area contributed by atoms with Crippen LogP contribution in [-0.2, 0) is 9.36 Å². The van der Waals surface area contributed by atoms with Gasteiger partial charge in [-0.1, -0.05) is 77.0 Å². The second-order valence-corrected chi connectivity index (χ2v) is 8.26. The molecule has 5 nitrogen and oxygen atoms in total. The molecular weight excluding hydrogens is 315 g/mol. The first-order chi connectivity index (χ1) is 10.9. The summed E-state index contributed by atoms with van der Waals surface area (Å²) in [5.74, 6) is -0.688. The molecule has 0 atom stereocenters. The van der Waals surface area contributed by atoms with E-state index in [1.54, 1.807) is 0 Å². The first-order valence-electron chi connectivity index (χ1n) is 9.18. The van der Waals surface area contributed by atoms with Gasteiger partial charge >= 0.3 is 13.6 Å². The largest absolute Gasteiger partial charge is 0.481 e. The van der Waals surface area contributed by atoms with Crippen LogP contribution in [0.25, 0.3) is 0 Å². The van der Waals surface area contributed by atoms with Gasteiger partial charge in [0.25, 0.3) is 0 Å². The molecule has 3 N–H and O–H groups in total. The Morgan fingerprint density at radius 3 is 1.22 bits per heavy atom. The molecule has 0 aromatic rings. The quantitative estimate of drug-likeness (QED) is 0.250. The molecule has 0 aliphatic heterocycles. The average molecular weight is 350 g/mol. The Morgan fingerprint density at radius 2 is 0.913 bits per heavy atom. The van der Waals surface area contributed by atoms with Crippen LogP contribution >= 0.6 is 7.60 Å². The minimum Gasteiger partial charge on any atom is -0.481 e. The highest BCUT2D eigenvalue weighted by Crippen LogP contribution is 2.35. The Kier molecular flexibility index (Phi) is 14.9. The number of hydrogen-bond acceptors (Lipinski definition) is 2. The third-order valence-electron chi connectivity index (χ3n) is 4.09. The van der Waals surface area contributed by atoms with E-state index in [-0.39, 0.29) is 6.16 Å². The predicted molar refractivity (Wildman–Crippen MR) is 93.8 cm³/mol. The fourth-order valence-electron chi connectivity index (χ4n) is 2.72. The topological polar surface area (TPSA) is 94.8 Å². The van der Waals surface area contributed by atoms with Crippen LogP contribution < -0.4 is 0 Å². The molecule has 0 saturated carbocycles. The second kappa shape index (κ2) is 15.2. The van der Waals surface area contributed by atoms with Gasteiger partial charge in [0.05, 0.1) is 0 Å². The summed E-state index contributed by atoms with van der Waals surface area (Å²) < 4.78 is 10.7. The molecule has 0 fully saturated rings. The van der Waals surface area contributed by atoms with Crippen LogP contribution in [0.3, 0.4) is 0 Å². The van der Waals surface area contributed by atoms with E-state index < -0.39 is 13.6 Å². The van der Waals surface area contributed by atoms with Crippen molar-refractivity contribution in [2.24, 2.45) is 0 Å². The highest BCUT2D eigenvalue weighted by atomic mass is 31.2. The molecule has 23 heavy (non-hydrogen) atoms. The van der Waals surface area contributed by atoms with E-state index in [1.165, 1.54) is 51.4 Å². The van der Waals surface area contributed by atoms with Crippen molar-refractivity contribution in [2.45, 2.75) is 96.3 Å².